The van der Waals surface area contributed by atoms with Crippen molar-refractivity contribution in [3.05, 3.63) is 0 Å². The first-order valence-corrected chi connectivity index (χ1v) is 8.22. The van der Waals surface area contributed by atoms with Gasteiger partial charge in [0.15, 0.2) is 0 Å². The van der Waals surface area contributed by atoms with E-state index < -0.39 is 0 Å². The molecule has 0 fully saturated rings. The van der Waals surface area contributed by atoms with Crippen molar-refractivity contribution in [2.75, 3.05) is 39.5 Å². The van der Waals surface area contributed by atoms with E-state index in [1.54, 1.807) is 0 Å². The highest BCUT2D eigenvalue weighted by atomic mass is 16.5. The van der Waals surface area contributed by atoms with Gasteiger partial charge >= 0.3 is 0 Å². The van der Waals surface area contributed by atoms with Gasteiger partial charge in [-0.3, -0.25) is 0 Å². The fourth-order valence-electron chi connectivity index (χ4n) is 2.61. The summed E-state index contributed by atoms with van der Waals surface area (Å²) in [6, 6.07) is 0.405. The molecular formula is C16H36N2O2. The van der Waals surface area contributed by atoms with E-state index >= 15 is 0 Å². The summed E-state index contributed by atoms with van der Waals surface area (Å²) in [7, 11) is 0. The van der Waals surface area contributed by atoms with Gasteiger partial charge in [0.05, 0.1) is 13.2 Å². The van der Waals surface area contributed by atoms with Crippen LogP contribution >= 0.6 is 0 Å². The molecular weight excluding hydrogens is 252 g/mol. The Morgan fingerprint density at radius 3 is 2.35 bits per heavy atom. The summed E-state index contributed by atoms with van der Waals surface area (Å²) < 4.78 is 5.41. The lowest BCUT2D eigenvalue weighted by molar-refractivity contribution is 0.106. The number of rotatable bonds is 13. The first-order valence-electron chi connectivity index (χ1n) is 8.22. The molecule has 1 atom stereocenters. The Bertz CT molecular complexity index is 219. The van der Waals surface area contributed by atoms with Gasteiger partial charge in [0.1, 0.15) is 0 Å². The maximum atomic E-state index is 9.73. The van der Waals surface area contributed by atoms with Crippen LogP contribution in [0, 0.1) is 0 Å². The summed E-state index contributed by atoms with van der Waals surface area (Å²) >= 11 is 0. The van der Waals surface area contributed by atoms with Crippen molar-refractivity contribution in [2.45, 2.75) is 65.5 Å². The van der Waals surface area contributed by atoms with Crippen LogP contribution in [0.25, 0.3) is 0 Å². The highest BCUT2D eigenvalue weighted by Gasteiger charge is 2.27. The number of aliphatic hydroxyl groups is 1. The average Bonchev–Trinajstić information content (AvgIpc) is 2.44. The SMILES string of the molecule is CCOCCN(CC)CCCC(CC)(CO)NC(C)C. The third kappa shape index (κ3) is 8.20. The quantitative estimate of drug-likeness (QED) is 0.510. The van der Waals surface area contributed by atoms with Gasteiger partial charge in [-0.25, -0.2) is 0 Å². The van der Waals surface area contributed by atoms with Crippen LogP contribution in [0.5, 0.6) is 0 Å². The van der Waals surface area contributed by atoms with Gasteiger partial charge in [-0.05, 0) is 39.3 Å². The zero-order chi connectivity index (χ0) is 15.4. The molecule has 0 saturated carbocycles. The molecule has 122 valence electrons. The predicted molar refractivity (Wildman–Crippen MR) is 86.2 cm³/mol. The van der Waals surface area contributed by atoms with Gasteiger partial charge in [0.25, 0.3) is 0 Å². The molecule has 0 radical (unpaired) electrons. The molecule has 0 aliphatic carbocycles. The molecule has 4 heteroatoms. The first-order chi connectivity index (χ1) is 9.53. The second kappa shape index (κ2) is 11.5. The Hall–Kier alpha value is -0.160. The number of nitrogens with one attached hydrogen (secondary N) is 1. The summed E-state index contributed by atoms with van der Waals surface area (Å²) in [5.41, 5.74) is -0.118. The summed E-state index contributed by atoms with van der Waals surface area (Å²) in [5, 5.41) is 13.3. The van der Waals surface area contributed by atoms with E-state index in [4.69, 9.17) is 4.74 Å². The van der Waals surface area contributed by atoms with Crippen molar-refractivity contribution in [3.63, 3.8) is 0 Å². The molecule has 0 aromatic carbocycles. The van der Waals surface area contributed by atoms with Crippen LogP contribution in [-0.4, -0.2) is 61.0 Å². The van der Waals surface area contributed by atoms with Crippen LogP contribution in [0.1, 0.15) is 53.9 Å². The smallest absolute Gasteiger partial charge is 0.0613 e. The minimum Gasteiger partial charge on any atom is -0.394 e. The second-order valence-corrected chi connectivity index (χ2v) is 5.83. The minimum atomic E-state index is -0.118. The molecule has 0 aromatic rings. The maximum absolute atomic E-state index is 9.73. The fraction of sp³-hybridized carbons (Fsp3) is 1.00. The van der Waals surface area contributed by atoms with E-state index in [-0.39, 0.29) is 12.1 Å². The largest absolute Gasteiger partial charge is 0.394 e. The number of nitrogens with zero attached hydrogens (tertiary/aromatic N) is 1. The van der Waals surface area contributed by atoms with Gasteiger partial charge in [0.2, 0.25) is 0 Å². The predicted octanol–water partition coefficient (Wildman–Crippen LogP) is 2.26. The number of likely N-dealkylation sites (N-methyl/N-ethyl adjacent to an activating group) is 1. The molecule has 20 heavy (non-hydrogen) atoms. The zero-order valence-corrected chi connectivity index (χ0v) is 14.2. The monoisotopic (exact) mass is 288 g/mol. The molecule has 4 nitrogen and oxygen atoms in total. The molecule has 0 amide bonds. The van der Waals surface area contributed by atoms with E-state index in [0.717, 1.165) is 52.1 Å². The topological polar surface area (TPSA) is 44.7 Å². The normalized spacial score (nSPS) is 15.0. The van der Waals surface area contributed by atoms with Crippen LogP contribution in [-0.2, 0) is 4.74 Å². The summed E-state index contributed by atoms with van der Waals surface area (Å²) in [5.74, 6) is 0. The number of hydrogen-bond donors (Lipinski definition) is 2. The molecule has 0 spiro atoms. The molecule has 0 aromatic heterocycles. The van der Waals surface area contributed by atoms with E-state index in [9.17, 15) is 5.11 Å². The lowest BCUT2D eigenvalue weighted by Crippen LogP contribution is -2.51. The lowest BCUT2D eigenvalue weighted by Gasteiger charge is -2.35. The maximum Gasteiger partial charge on any atom is 0.0613 e. The number of aliphatic hydroxyl groups excluding tert-OH is 1. The van der Waals surface area contributed by atoms with Crippen LogP contribution < -0.4 is 5.32 Å². The van der Waals surface area contributed by atoms with Gasteiger partial charge in [0, 0.05) is 24.7 Å². The lowest BCUT2D eigenvalue weighted by atomic mass is 9.90. The Morgan fingerprint density at radius 1 is 1.20 bits per heavy atom. The Labute approximate surface area is 125 Å². The van der Waals surface area contributed by atoms with Crippen molar-refractivity contribution < 1.29 is 9.84 Å². The first kappa shape index (κ1) is 19.8. The molecule has 0 heterocycles. The highest BCUT2D eigenvalue weighted by molar-refractivity contribution is 4.87. The van der Waals surface area contributed by atoms with Gasteiger partial charge in [-0.1, -0.05) is 27.7 Å². The van der Waals surface area contributed by atoms with Crippen molar-refractivity contribution in [1.29, 1.82) is 0 Å². The van der Waals surface area contributed by atoms with Crippen LogP contribution in [0.4, 0.5) is 0 Å². The Morgan fingerprint density at radius 2 is 1.90 bits per heavy atom. The highest BCUT2D eigenvalue weighted by Crippen LogP contribution is 2.18. The molecule has 0 rings (SSSR count). The number of ether oxygens (including phenoxy) is 1. The van der Waals surface area contributed by atoms with Crippen LogP contribution in [0.15, 0.2) is 0 Å². The molecule has 0 aliphatic heterocycles. The van der Waals surface area contributed by atoms with E-state index in [1.807, 2.05) is 6.92 Å². The molecule has 0 aliphatic rings. The van der Waals surface area contributed by atoms with Crippen LogP contribution in [0.2, 0.25) is 0 Å². The molecule has 1 unspecified atom stereocenters. The van der Waals surface area contributed by atoms with Crippen molar-refractivity contribution >= 4 is 0 Å². The standard InChI is InChI=1S/C16H36N2O2/c1-6-16(14-19,17-15(4)5)10-9-11-18(7-2)12-13-20-8-3/h15,17,19H,6-14H2,1-5H3. The minimum absolute atomic E-state index is 0.118. The summed E-state index contributed by atoms with van der Waals surface area (Å²) in [6.45, 7) is 15.6. The Kier molecular flexibility index (Phi) is 11.4. The molecule has 2 N–H and O–H groups in total. The van der Waals surface area contributed by atoms with Gasteiger partial charge in [-0.15, -0.1) is 0 Å². The van der Waals surface area contributed by atoms with E-state index in [0.29, 0.717) is 6.04 Å². The van der Waals surface area contributed by atoms with Crippen LogP contribution in [0.3, 0.4) is 0 Å². The summed E-state index contributed by atoms with van der Waals surface area (Å²) in [6.07, 6.45) is 3.09. The third-order valence-electron chi connectivity index (χ3n) is 3.91. The zero-order valence-electron chi connectivity index (χ0n) is 14.2. The number of hydrogen-bond acceptors (Lipinski definition) is 4. The van der Waals surface area contributed by atoms with Gasteiger partial charge < -0.3 is 20.1 Å². The molecule has 0 saturated heterocycles. The van der Waals surface area contributed by atoms with Crippen molar-refractivity contribution in [2.24, 2.45) is 0 Å². The van der Waals surface area contributed by atoms with Crippen molar-refractivity contribution in [3.8, 4) is 0 Å². The Balaban J connectivity index is 4.13. The van der Waals surface area contributed by atoms with E-state index in [1.165, 1.54) is 0 Å². The summed E-state index contributed by atoms with van der Waals surface area (Å²) in [4.78, 5) is 2.42. The van der Waals surface area contributed by atoms with Gasteiger partial charge in [-0.2, -0.15) is 0 Å². The second-order valence-electron chi connectivity index (χ2n) is 5.83. The average molecular weight is 288 g/mol. The van der Waals surface area contributed by atoms with Crippen molar-refractivity contribution in [1.82, 2.24) is 10.2 Å². The fourth-order valence-corrected chi connectivity index (χ4v) is 2.61. The molecule has 0 bridgehead atoms. The third-order valence-corrected chi connectivity index (χ3v) is 3.91. The van der Waals surface area contributed by atoms with E-state index in [2.05, 4.69) is 37.9 Å².